The minimum Gasteiger partial charge on any atom is -0.385 e. The zero-order valence-electron chi connectivity index (χ0n) is 8.74. The Morgan fingerprint density at radius 1 is 1.14 bits per heavy atom. The molecular formula is C12H18OS. The number of ether oxygens (including phenoxy) is 1. The molecule has 0 fully saturated rings. The van der Waals surface area contributed by atoms with Crippen molar-refractivity contribution in [2.45, 2.75) is 12.8 Å². The summed E-state index contributed by atoms with van der Waals surface area (Å²) in [6, 6.07) is 10.6. The zero-order valence-corrected chi connectivity index (χ0v) is 9.56. The highest BCUT2D eigenvalue weighted by Gasteiger charge is 1.92. The Balaban J connectivity index is 1.99. The van der Waals surface area contributed by atoms with E-state index < -0.39 is 0 Å². The maximum Gasteiger partial charge on any atom is 0.0470 e. The topological polar surface area (TPSA) is 9.23 Å². The van der Waals surface area contributed by atoms with Gasteiger partial charge >= 0.3 is 0 Å². The van der Waals surface area contributed by atoms with E-state index in [-0.39, 0.29) is 0 Å². The van der Waals surface area contributed by atoms with Crippen LogP contribution >= 0.6 is 11.8 Å². The van der Waals surface area contributed by atoms with Gasteiger partial charge in [-0.15, -0.1) is 0 Å². The van der Waals surface area contributed by atoms with E-state index in [0.29, 0.717) is 0 Å². The monoisotopic (exact) mass is 210 g/mol. The lowest BCUT2D eigenvalue weighted by atomic mass is 10.2. The molecule has 0 aliphatic rings. The lowest BCUT2D eigenvalue weighted by Gasteiger charge is -2.01. The molecule has 0 atom stereocenters. The minimum atomic E-state index is 0.887. The fraction of sp³-hybridized carbons (Fsp3) is 0.500. The Hall–Kier alpha value is -0.470. The maximum atomic E-state index is 4.99. The van der Waals surface area contributed by atoms with Crippen LogP contribution in [0.5, 0.6) is 0 Å². The molecule has 0 N–H and O–H groups in total. The van der Waals surface area contributed by atoms with Crippen LogP contribution in [-0.2, 0) is 11.2 Å². The molecule has 0 saturated heterocycles. The summed E-state index contributed by atoms with van der Waals surface area (Å²) in [6.45, 7) is 0.887. The summed E-state index contributed by atoms with van der Waals surface area (Å²) >= 11 is 2.01. The minimum absolute atomic E-state index is 0.887. The van der Waals surface area contributed by atoms with Gasteiger partial charge in [0.25, 0.3) is 0 Å². The molecule has 0 amide bonds. The Morgan fingerprint density at radius 3 is 2.64 bits per heavy atom. The van der Waals surface area contributed by atoms with Gasteiger partial charge in [-0.25, -0.2) is 0 Å². The van der Waals surface area contributed by atoms with E-state index in [9.17, 15) is 0 Å². The van der Waals surface area contributed by atoms with Crippen LogP contribution in [0.4, 0.5) is 0 Å². The SMILES string of the molecule is COCCCSCCc1ccccc1. The second-order valence-corrected chi connectivity index (χ2v) is 4.42. The van der Waals surface area contributed by atoms with Crippen molar-refractivity contribution in [2.24, 2.45) is 0 Å². The fourth-order valence-corrected chi connectivity index (χ4v) is 2.15. The molecule has 0 radical (unpaired) electrons. The lowest BCUT2D eigenvalue weighted by molar-refractivity contribution is 0.200. The van der Waals surface area contributed by atoms with Gasteiger partial charge in [0.05, 0.1) is 0 Å². The van der Waals surface area contributed by atoms with Gasteiger partial charge in [0.1, 0.15) is 0 Å². The third kappa shape index (κ3) is 5.30. The molecule has 0 aliphatic carbocycles. The first-order valence-corrected chi connectivity index (χ1v) is 6.19. The third-order valence-electron chi connectivity index (χ3n) is 2.02. The molecule has 1 aromatic rings. The number of rotatable bonds is 7. The van der Waals surface area contributed by atoms with Crippen LogP contribution < -0.4 is 0 Å². The molecular weight excluding hydrogens is 192 g/mol. The van der Waals surface area contributed by atoms with Crippen molar-refractivity contribution < 1.29 is 4.74 Å². The highest BCUT2D eigenvalue weighted by Crippen LogP contribution is 2.07. The molecule has 78 valence electrons. The average molecular weight is 210 g/mol. The van der Waals surface area contributed by atoms with Gasteiger partial charge in [-0.3, -0.25) is 0 Å². The summed E-state index contributed by atoms with van der Waals surface area (Å²) in [5.74, 6) is 2.43. The Kier molecular flexibility index (Phi) is 6.54. The van der Waals surface area contributed by atoms with Crippen LogP contribution in [0, 0.1) is 0 Å². The van der Waals surface area contributed by atoms with Crippen LogP contribution in [0.2, 0.25) is 0 Å². The van der Waals surface area contributed by atoms with Crippen molar-refractivity contribution in [1.82, 2.24) is 0 Å². The van der Waals surface area contributed by atoms with Crippen molar-refractivity contribution in [3.05, 3.63) is 35.9 Å². The van der Waals surface area contributed by atoms with Crippen molar-refractivity contribution in [1.29, 1.82) is 0 Å². The third-order valence-corrected chi connectivity index (χ3v) is 3.09. The summed E-state index contributed by atoms with van der Waals surface area (Å²) < 4.78 is 4.99. The predicted molar refractivity (Wildman–Crippen MR) is 64.0 cm³/mol. The summed E-state index contributed by atoms with van der Waals surface area (Å²) in [5, 5.41) is 0. The standard InChI is InChI=1S/C12H18OS/c1-13-9-5-10-14-11-8-12-6-3-2-4-7-12/h2-4,6-7H,5,8-11H2,1H3. The van der Waals surface area contributed by atoms with Crippen LogP contribution in [0.25, 0.3) is 0 Å². The number of hydrogen-bond acceptors (Lipinski definition) is 2. The number of hydrogen-bond donors (Lipinski definition) is 0. The van der Waals surface area contributed by atoms with Gasteiger partial charge in [-0.05, 0) is 29.9 Å². The number of aryl methyl sites for hydroxylation is 1. The fourth-order valence-electron chi connectivity index (χ4n) is 1.24. The zero-order chi connectivity index (χ0) is 10.1. The van der Waals surface area contributed by atoms with E-state index in [2.05, 4.69) is 30.3 Å². The predicted octanol–water partition coefficient (Wildman–Crippen LogP) is 3.00. The smallest absolute Gasteiger partial charge is 0.0470 e. The first kappa shape index (κ1) is 11.6. The molecule has 0 aromatic heterocycles. The van der Waals surface area contributed by atoms with Crippen LogP contribution in [0.15, 0.2) is 30.3 Å². The Morgan fingerprint density at radius 2 is 1.93 bits per heavy atom. The van der Waals surface area contributed by atoms with Gasteiger partial charge < -0.3 is 4.74 Å². The molecule has 0 spiro atoms. The average Bonchev–Trinajstić information content (AvgIpc) is 2.25. The second kappa shape index (κ2) is 7.89. The molecule has 0 saturated carbocycles. The van der Waals surface area contributed by atoms with E-state index in [1.54, 1.807) is 7.11 Å². The van der Waals surface area contributed by atoms with E-state index >= 15 is 0 Å². The molecule has 1 aromatic carbocycles. The molecule has 0 unspecified atom stereocenters. The molecule has 2 heteroatoms. The van der Waals surface area contributed by atoms with Gasteiger partial charge in [0.15, 0.2) is 0 Å². The molecule has 0 heterocycles. The van der Waals surface area contributed by atoms with Crippen molar-refractivity contribution >= 4 is 11.8 Å². The highest BCUT2D eigenvalue weighted by molar-refractivity contribution is 7.99. The first-order chi connectivity index (χ1) is 6.93. The van der Waals surface area contributed by atoms with Crippen LogP contribution in [0.3, 0.4) is 0 Å². The van der Waals surface area contributed by atoms with Crippen molar-refractivity contribution in [2.75, 3.05) is 25.2 Å². The number of methoxy groups -OCH3 is 1. The van der Waals surface area contributed by atoms with Crippen LogP contribution in [-0.4, -0.2) is 25.2 Å². The molecule has 14 heavy (non-hydrogen) atoms. The van der Waals surface area contributed by atoms with Crippen LogP contribution in [0.1, 0.15) is 12.0 Å². The molecule has 0 bridgehead atoms. The summed E-state index contributed by atoms with van der Waals surface area (Å²) in [7, 11) is 1.76. The van der Waals surface area contributed by atoms with Gasteiger partial charge in [-0.1, -0.05) is 30.3 Å². The van der Waals surface area contributed by atoms with Crippen molar-refractivity contribution in [3.63, 3.8) is 0 Å². The highest BCUT2D eigenvalue weighted by atomic mass is 32.2. The first-order valence-electron chi connectivity index (χ1n) is 5.04. The Labute approximate surface area is 90.9 Å². The number of benzene rings is 1. The normalized spacial score (nSPS) is 10.4. The van der Waals surface area contributed by atoms with Gasteiger partial charge in [0.2, 0.25) is 0 Å². The number of thioether (sulfide) groups is 1. The molecule has 0 aliphatic heterocycles. The Bertz CT molecular complexity index is 223. The molecule has 1 nitrogen and oxygen atoms in total. The largest absolute Gasteiger partial charge is 0.385 e. The maximum absolute atomic E-state index is 4.99. The van der Waals surface area contributed by atoms with E-state index in [1.165, 1.54) is 23.5 Å². The summed E-state index contributed by atoms with van der Waals surface area (Å²) in [6.07, 6.45) is 2.34. The van der Waals surface area contributed by atoms with Crippen molar-refractivity contribution in [3.8, 4) is 0 Å². The van der Waals surface area contributed by atoms with Gasteiger partial charge in [-0.2, -0.15) is 11.8 Å². The second-order valence-electron chi connectivity index (χ2n) is 3.19. The van der Waals surface area contributed by atoms with E-state index in [1.807, 2.05) is 11.8 Å². The van der Waals surface area contributed by atoms with E-state index in [0.717, 1.165) is 13.0 Å². The van der Waals surface area contributed by atoms with E-state index in [4.69, 9.17) is 4.74 Å². The summed E-state index contributed by atoms with van der Waals surface area (Å²) in [4.78, 5) is 0. The summed E-state index contributed by atoms with van der Waals surface area (Å²) in [5.41, 5.74) is 1.44. The van der Waals surface area contributed by atoms with Gasteiger partial charge in [0, 0.05) is 13.7 Å². The lowest BCUT2D eigenvalue weighted by Crippen LogP contribution is -1.93. The quantitative estimate of drug-likeness (QED) is 0.640. The molecule has 1 rings (SSSR count).